The van der Waals surface area contributed by atoms with Crippen molar-refractivity contribution in [2.45, 2.75) is 38.3 Å². The van der Waals surface area contributed by atoms with Crippen molar-refractivity contribution >= 4 is 11.8 Å². The Morgan fingerprint density at radius 3 is 2.19 bits per heavy atom. The summed E-state index contributed by atoms with van der Waals surface area (Å²) in [5.41, 5.74) is -1.23. The van der Waals surface area contributed by atoms with Crippen LogP contribution in [-0.4, -0.2) is 29.1 Å². The fourth-order valence-corrected chi connectivity index (χ4v) is 2.47. The summed E-state index contributed by atoms with van der Waals surface area (Å²) < 4.78 is 38.4. The summed E-state index contributed by atoms with van der Waals surface area (Å²) in [7, 11) is 0. The Labute approximate surface area is 120 Å². The summed E-state index contributed by atoms with van der Waals surface area (Å²) in [6, 6.07) is 1.71. The molecule has 7 heteroatoms. The number of aromatic nitrogens is 1. The highest BCUT2D eigenvalue weighted by molar-refractivity contribution is 5.93. The van der Waals surface area contributed by atoms with Crippen molar-refractivity contribution in [1.82, 2.24) is 4.98 Å². The summed E-state index contributed by atoms with van der Waals surface area (Å²) in [6.45, 7) is 1.07. The molecule has 1 aliphatic heterocycles. The van der Waals surface area contributed by atoms with Crippen LogP contribution in [0.5, 0.6) is 0 Å². The first-order valence-corrected chi connectivity index (χ1v) is 6.96. The molecule has 0 unspecified atom stereocenters. The third kappa shape index (κ3) is 3.86. The van der Waals surface area contributed by atoms with Crippen LogP contribution in [0.4, 0.5) is 19.0 Å². The molecule has 1 fully saturated rings. The number of nitrogens with zero attached hydrogens (tertiary/aromatic N) is 2. The molecule has 21 heavy (non-hydrogen) atoms. The fourth-order valence-electron chi connectivity index (χ4n) is 2.47. The molecule has 1 saturated heterocycles. The van der Waals surface area contributed by atoms with Crippen LogP contribution < -0.4 is 4.90 Å². The van der Waals surface area contributed by atoms with E-state index in [0.29, 0.717) is 13.1 Å². The Morgan fingerprint density at radius 1 is 1.10 bits per heavy atom. The van der Waals surface area contributed by atoms with Gasteiger partial charge in [0, 0.05) is 13.1 Å². The molecule has 0 aliphatic carbocycles. The van der Waals surface area contributed by atoms with E-state index >= 15 is 0 Å². The van der Waals surface area contributed by atoms with Gasteiger partial charge in [-0.2, -0.15) is 13.2 Å². The van der Waals surface area contributed by atoms with Crippen LogP contribution in [-0.2, 0) is 6.18 Å². The van der Waals surface area contributed by atoms with Crippen molar-refractivity contribution < 1.29 is 23.1 Å². The van der Waals surface area contributed by atoms with Crippen LogP contribution in [0.25, 0.3) is 0 Å². The molecule has 0 atom stereocenters. The van der Waals surface area contributed by atoms with Crippen molar-refractivity contribution in [3.8, 4) is 0 Å². The minimum absolute atomic E-state index is 0.0702. The summed E-state index contributed by atoms with van der Waals surface area (Å²) in [4.78, 5) is 16.5. The Bertz CT molecular complexity index is 509. The number of carbonyl (C=O) groups is 1. The Morgan fingerprint density at radius 2 is 1.67 bits per heavy atom. The van der Waals surface area contributed by atoms with E-state index in [4.69, 9.17) is 5.11 Å². The van der Waals surface area contributed by atoms with Crippen LogP contribution >= 0.6 is 0 Å². The largest absolute Gasteiger partial charge is 0.478 e. The van der Waals surface area contributed by atoms with Crippen molar-refractivity contribution in [3.63, 3.8) is 0 Å². The summed E-state index contributed by atoms with van der Waals surface area (Å²) in [6.07, 6.45) is 0.188. The third-order valence-electron chi connectivity index (χ3n) is 3.55. The van der Waals surface area contributed by atoms with Crippen molar-refractivity contribution in [1.29, 1.82) is 0 Å². The van der Waals surface area contributed by atoms with Gasteiger partial charge in [0.15, 0.2) is 0 Å². The molecule has 0 amide bonds. The molecule has 0 saturated carbocycles. The minimum Gasteiger partial charge on any atom is -0.478 e. The van der Waals surface area contributed by atoms with Gasteiger partial charge in [-0.25, -0.2) is 9.78 Å². The number of hydrogen-bond acceptors (Lipinski definition) is 3. The minimum atomic E-state index is -4.57. The predicted molar refractivity (Wildman–Crippen MR) is 71.5 cm³/mol. The maximum Gasteiger partial charge on any atom is 0.433 e. The van der Waals surface area contributed by atoms with Crippen LogP contribution in [0.15, 0.2) is 12.1 Å². The van der Waals surface area contributed by atoms with E-state index in [1.54, 1.807) is 4.90 Å². The number of hydrogen-bond donors (Lipinski definition) is 1. The molecule has 116 valence electrons. The zero-order valence-electron chi connectivity index (χ0n) is 11.5. The lowest BCUT2D eigenvalue weighted by atomic mass is 10.1. The van der Waals surface area contributed by atoms with E-state index in [2.05, 4.69) is 4.98 Å². The Hall–Kier alpha value is -1.79. The highest BCUT2D eigenvalue weighted by Crippen LogP contribution is 2.31. The molecule has 0 spiro atoms. The second kappa shape index (κ2) is 6.32. The lowest BCUT2D eigenvalue weighted by Crippen LogP contribution is -2.30. The smallest absolute Gasteiger partial charge is 0.433 e. The van der Waals surface area contributed by atoms with Gasteiger partial charge in [0.25, 0.3) is 0 Å². The molecular formula is C14H17F3N2O2. The molecule has 1 aromatic rings. The van der Waals surface area contributed by atoms with Crippen molar-refractivity contribution in [2.75, 3.05) is 18.0 Å². The van der Waals surface area contributed by atoms with E-state index in [0.717, 1.165) is 44.2 Å². The summed E-state index contributed by atoms with van der Waals surface area (Å²) in [5, 5.41) is 9.17. The highest BCUT2D eigenvalue weighted by Gasteiger charge is 2.34. The van der Waals surface area contributed by atoms with E-state index in [1.165, 1.54) is 0 Å². The average Bonchev–Trinajstić information content (AvgIpc) is 2.36. The van der Waals surface area contributed by atoms with Gasteiger partial charge in [0.1, 0.15) is 17.1 Å². The number of carboxylic acids is 1. The number of carboxylic acid groups (broad SMARTS) is 1. The molecule has 1 aromatic heterocycles. The second-order valence-corrected chi connectivity index (χ2v) is 5.13. The molecule has 1 aliphatic rings. The highest BCUT2D eigenvalue weighted by atomic mass is 19.4. The number of alkyl halides is 3. The lowest BCUT2D eigenvalue weighted by molar-refractivity contribution is -0.141. The van der Waals surface area contributed by atoms with Crippen LogP contribution in [0.2, 0.25) is 0 Å². The molecule has 2 rings (SSSR count). The van der Waals surface area contributed by atoms with Crippen molar-refractivity contribution in [3.05, 3.63) is 23.4 Å². The van der Waals surface area contributed by atoms with Gasteiger partial charge in [0.05, 0.1) is 0 Å². The Balaban J connectivity index is 2.39. The molecule has 0 radical (unpaired) electrons. The van der Waals surface area contributed by atoms with Gasteiger partial charge in [-0.15, -0.1) is 0 Å². The van der Waals surface area contributed by atoms with Crippen LogP contribution in [0.3, 0.4) is 0 Å². The van der Waals surface area contributed by atoms with Crippen molar-refractivity contribution in [2.24, 2.45) is 0 Å². The first-order valence-electron chi connectivity index (χ1n) is 6.96. The number of aromatic carboxylic acids is 1. The van der Waals surface area contributed by atoms with Gasteiger partial charge in [-0.05, 0) is 25.0 Å². The molecule has 2 heterocycles. The molecule has 0 bridgehead atoms. The van der Waals surface area contributed by atoms with Gasteiger partial charge >= 0.3 is 12.1 Å². The first kappa shape index (κ1) is 15.6. The number of anilines is 1. The number of halogens is 3. The molecular weight excluding hydrogens is 285 g/mol. The first-order chi connectivity index (χ1) is 9.89. The second-order valence-electron chi connectivity index (χ2n) is 5.13. The topological polar surface area (TPSA) is 53.4 Å². The van der Waals surface area contributed by atoms with E-state index in [9.17, 15) is 18.0 Å². The molecule has 1 N–H and O–H groups in total. The summed E-state index contributed by atoms with van der Waals surface area (Å²) in [5.74, 6) is -1.33. The van der Waals surface area contributed by atoms with Crippen LogP contribution in [0, 0.1) is 0 Å². The maximum absolute atomic E-state index is 12.8. The fraction of sp³-hybridized carbons (Fsp3) is 0.571. The quantitative estimate of drug-likeness (QED) is 0.907. The average molecular weight is 302 g/mol. The lowest BCUT2D eigenvalue weighted by Gasteiger charge is -2.27. The number of pyridine rings is 1. The zero-order valence-corrected chi connectivity index (χ0v) is 11.5. The van der Waals surface area contributed by atoms with E-state index < -0.39 is 17.8 Å². The normalized spacial score (nSPS) is 17.2. The Kier molecular flexibility index (Phi) is 4.69. The van der Waals surface area contributed by atoms with Gasteiger partial charge < -0.3 is 10.0 Å². The molecule has 4 nitrogen and oxygen atoms in total. The van der Waals surface area contributed by atoms with Gasteiger partial charge in [-0.3, -0.25) is 0 Å². The zero-order chi connectivity index (χ0) is 15.5. The van der Waals surface area contributed by atoms with Crippen LogP contribution in [0.1, 0.15) is 48.2 Å². The van der Waals surface area contributed by atoms with Gasteiger partial charge in [-0.1, -0.05) is 19.3 Å². The number of rotatable bonds is 2. The van der Waals surface area contributed by atoms with Gasteiger partial charge in [0.2, 0.25) is 0 Å². The molecule has 0 aromatic carbocycles. The summed E-state index contributed by atoms with van der Waals surface area (Å²) >= 11 is 0. The monoisotopic (exact) mass is 302 g/mol. The predicted octanol–water partition coefficient (Wildman–Crippen LogP) is 3.57. The SMILES string of the molecule is O=C(O)c1ccc(C(F)(F)F)nc1N1CCCCCCC1. The van der Waals surface area contributed by atoms with E-state index in [1.807, 2.05) is 0 Å². The van der Waals surface area contributed by atoms with E-state index in [-0.39, 0.29) is 11.4 Å². The maximum atomic E-state index is 12.8. The standard InChI is InChI=1S/C14H17F3N2O2/c15-14(16,17)11-7-6-10(13(20)21)12(18-11)19-8-4-2-1-3-5-9-19/h6-7H,1-5,8-9H2,(H,20,21). The third-order valence-corrected chi connectivity index (χ3v) is 3.55.